The summed E-state index contributed by atoms with van der Waals surface area (Å²) in [6.45, 7) is 5.61. The predicted octanol–water partition coefficient (Wildman–Crippen LogP) is 1.86. The van der Waals surface area contributed by atoms with E-state index in [1.165, 1.54) is 10.6 Å². The zero-order valence-corrected chi connectivity index (χ0v) is 16.0. The molecular weight excluding hydrogens is 340 g/mol. The van der Waals surface area contributed by atoms with Crippen LogP contribution >= 0.6 is 0 Å². The Morgan fingerprint density at radius 1 is 1.28 bits per heavy atom. The third-order valence-electron chi connectivity index (χ3n) is 4.61. The summed E-state index contributed by atoms with van der Waals surface area (Å²) in [5, 5.41) is 0. The first-order valence-electron chi connectivity index (χ1n) is 8.74. The molecule has 1 aromatic rings. The van der Waals surface area contributed by atoms with Crippen molar-refractivity contribution >= 4 is 15.9 Å². The molecule has 1 atom stereocenters. The summed E-state index contributed by atoms with van der Waals surface area (Å²) in [6.07, 6.45) is 2.07. The molecular formula is C18H28N2O4S. The van der Waals surface area contributed by atoms with E-state index in [4.69, 9.17) is 4.74 Å². The Bertz CT molecular complexity index is 655. The van der Waals surface area contributed by atoms with Gasteiger partial charge in [-0.15, -0.1) is 0 Å². The van der Waals surface area contributed by atoms with Gasteiger partial charge in [0, 0.05) is 25.7 Å². The topological polar surface area (TPSA) is 66.9 Å². The molecule has 6 nitrogen and oxygen atoms in total. The van der Waals surface area contributed by atoms with Crippen LogP contribution in [0.5, 0.6) is 0 Å². The van der Waals surface area contributed by atoms with Gasteiger partial charge >= 0.3 is 0 Å². The molecule has 0 bridgehead atoms. The Morgan fingerprint density at radius 2 is 1.88 bits per heavy atom. The van der Waals surface area contributed by atoms with Crippen molar-refractivity contribution in [2.75, 3.05) is 25.9 Å². The van der Waals surface area contributed by atoms with Crippen molar-refractivity contribution in [3.8, 4) is 0 Å². The van der Waals surface area contributed by atoms with Crippen LogP contribution in [0.1, 0.15) is 32.3 Å². The van der Waals surface area contributed by atoms with Gasteiger partial charge in [0.05, 0.1) is 12.9 Å². The van der Waals surface area contributed by atoms with Crippen LogP contribution in [0, 0.1) is 0 Å². The number of piperidine rings is 1. The number of ether oxygens (including phenoxy) is 1. The fourth-order valence-corrected chi connectivity index (χ4v) is 4.48. The van der Waals surface area contributed by atoms with Gasteiger partial charge in [-0.2, -0.15) is 4.31 Å². The average Bonchev–Trinajstić information content (AvgIpc) is 2.60. The maximum Gasteiger partial charge on any atom is 0.251 e. The molecule has 7 heteroatoms. The van der Waals surface area contributed by atoms with Crippen LogP contribution in [-0.4, -0.2) is 61.6 Å². The van der Waals surface area contributed by atoms with Gasteiger partial charge in [0.1, 0.15) is 6.10 Å². The van der Waals surface area contributed by atoms with Crippen LogP contribution in [0.15, 0.2) is 30.3 Å². The minimum atomic E-state index is -3.20. The van der Waals surface area contributed by atoms with E-state index in [1.54, 1.807) is 11.8 Å². The molecule has 0 saturated carbocycles. The van der Waals surface area contributed by atoms with Crippen LogP contribution < -0.4 is 0 Å². The number of sulfonamides is 1. The van der Waals surface area contributed by atoms with E-state index < -0.39 is 16.1 Å². The van der Waals surface area contributed by atoms with Gasteiger partial charge in [-0.05, 0) is 25.3 Å². The van der Waals surface area contributed by atoms with Crippen LogP contribution in [0.2, 0.25) is 0 Å². The van der Waals surface area contributed by atoms with Crippen molar-refractivity contribution in [3.05, 3.63) is 35.9 Å². The van der Waals surface area contributed by atoms with Gasteiger partial charge in [-0.1, -0.05) is 37.3 Å². The highest BCUT2D eigenvalue weighted by atomic mass is 32.2. The molecule has 1 heterocycles. The average molecular weight is 368 g/mol. The molecule has 140 valence electrons. The van der Waals surface area contributed by atoms with E-state index in [1.807, 2.05) is 37.3 Å². The number of carbonyl (C=O) groups is 1. The first kappa shape index (κ1) is 19.9. The van der Waals surface area contributed by atoms with Crippen LogP contribution in [0.25, 0.3) is 0 Å². The predicted molar refractivity (Wildman–Crippen MR) is 97.5 cm³/mol. The highest BCUT2D eigenvalue weighted by Crippen LogP contribution is 2.20. The van der Waals surface area contributed by atoms with Crippen LogP contribution in [-0.2, 0) is 26.2 Å². The molecule has 1 saturated heterocycles. The Balaban J connectivity index is 1.84. The van der Waals surface area contributed by atoms with Gasteiger partial charge in [0.2, 0.25) is 10.0 Å². The second-order valence-corrected chi connectivity index (χ2v) is 8.40. The summed E-state index contributed by atoms with van der Waals surface area (Å²) in [7, 11) is -3.20. The first-order valence-corrected chi connectivity index (χ1v) is 10.6. The number of hydrogen-bond acceptors (Lipinski definition) is 4. The van der Waals surface area contributed by atoms with E-state index in [0.717, 1.165) is 5.56 Å². The second kappa shape index (κ2) is 8.78. The fraction of sp³-hybridized carbons (Fsp3) is 0.611. The van der Waals surface area contributed by atoms with E-state index >= 15 is 0 Å². The molecule has 0 aromatic heterocycles. The molecule has 0 aliphatic carbocycles. The number of benzene rings is 1. The smallest absolute Gasteiger partial charge is 0.251 e. The Labute approximate surface area is 150 Å². The Morgan fingerprint density at radius 3 is 2.40 bits per heavy atom. The van der Waals surface area contributed by atoms with Crippen molar-refractivity contribution in [2.45, 2.75) is 45.4 Å². The third kappa shape index (κ3) is 5.52. The Kier molecular flexibility index (Phi) is 6.98. The maximum absolute atomic E-state index is 12.5. The summed E-state index contributed by atoms with van der Waals surface area (Å²) in [4.78, 5) is 14.3. The minimum Gasteiger partial charge on any atom is -0.364 e. The van der Waals surface area contributed by atoms with Crippen molar-refractivity contribution < 1.29 is 17.9 Å². The molecule has 1 aliphatic rings. The molecule has 2 rings (SSSR count). The molecule has 0 spiro atoms. The molecule has 1 aromatic carbocycles. The molecule has 0 radical (unpaired) electrons. The van der Waals surface area contributed by atoms with Gasteiger partial charge in [-0.3, -0.25) is 4.79 Å². The van der Waals surface area contributed by atoms with Crippen LogP contribution in [0.4, 0.5) is 0 Å². The fourth-order valence-electron chi connectivity index (χ4n) is 3.26. The lowest BCUT2D eigenvalue weighted by atomic mass is 10.0. The number of hydrogen-bond donors (Lipinski definition) is 0. The van der Waals surface area contributed by atoms with E-state index in [-0.39, 0.29) is 11.9 Å². The summed E-state index contributed by atoms with van der Waals surface area (Å²) in [5.41, 5.74) is 1.03. The lowest BCUT2D eigenvalue weighted by Crippen LogP contribution is -2.50. The zero-order valence-electron chi connectivity index (χ0n) is 15.2. The quantitative estimate of drug-likeness (QED) is 0.737. The SMILES string of the molecule is CCN(C1CCN(C(=O)C(C)OCc2ccccc2)CC1)S(C)(=O)=O. The normalized spacial score (nSPS) is 17.7. The number of amides is 1. The number of nitrogens with zero attached hydrogens (tertiary/aromatic N) is 2. The molecule has 1 fully saturated rings. The lowest BCUT2D eigenvalue weighted by Gasteiger charge is -2.37. The van der Waals surface area contributed by atoms with Gasteiger partial charge in [0.25, 0.3) is 5.91 Å². The standard InChI is InChI=1S/C18H28N2O4S/c1-4-20(25(3,22)23)17-10-12-19(13-11-17)18(21)15(2)24-14-16-8-6-5-7-9-16/h5-9,15,17H,4,10-14H2,1-3H3. The summed E-state index contributed by atoms with van der Waals surface area (Å²) in [5.74, 6) is -0.0308. The first-order chi connectivity index (χ1) is 11.8. The Hall–Kier alpha value is -1.44. The number of likely N-dealkylation sites (tertiary alicyclic amines) is 1. The summed E-state index contributed by atoms with van der Waals surface area (Å²) < 4.78 is 30.9. The molecule has 1 unspecified atom stereocenters. The van der Waals surface area contributed by atoms with Gasteiger partial charge < -0.3 is 9.64 Å². The van der Waals surface area contributed by atoms with E-state index in [0.29, 0.717) is 39.1 Å². The second-order valence-electron chi connectivity index (χ2n) is 6.46. The van der Waals surface area contributed by atoms with Crippen LogP contribution in [0.3, 0.4) is 0 Å². The van der Waals surface area contributed by atoms with Gasteiger partial charge in [0.15, 0.2) is 0 Å². The zero-order chi connectivity index (χ0) is 18.4. The monoisotopic (exact) mass is 368 g/mol. The third-order valence-corrected chi connectivity index (χ3v) is 6.02. The van der Waals surface area contributed by atoms with Gasteiger partial charge in [-0.25, -0.2) is 8.42 Å². The minimum absolute atomic E-state index is 0.0235. The summed E-state index contributed by atoms with van der Waals surface area (Å²) in [6, 6.07) is 9.73. The largest absolute Gasteiger partial charge is 0.364 e. The van der Waals surface area contributed by atoms with Crippen molar-refractivity contribution in [1.82, 2.24) is 9.21 Å². The molecule has 1 amide bonds. The molecule has 1 aliphatic heterocycles. The molecule has 0 N–H and O–H groups in total. The van der Waals surface area contributed by atoms with E-state index in [9.17, 15) is 13.2 Å². The number of rotatable bonds is 7. The lowest BCUT2D eigenvalue weighted by molar-refractivity contribution is -0.144. The maximum atomic E-state index is 12.5. The molecule has 25 heavy (non-hydrogen) atoms. The highest BCUT2D eigenvalue weighted by molar-refractivity contribution is 7.88. The van der Waals surface area contributed by atoms with Crippen molar-refractivity contribution in [1.29, 1.82) is 0 Å². The number of carbonyl (C=O) groups excluding carboxylic acids is 1. The van der Waals surface area contributed by atoms with E-state index in [2.05, 4.69) is 0 Å². The highest BCUT2D eigenvalue weighted by Gasteiger charge is 2.31. The van der Waals surface area contributed by atoms with Crippen molar-refractivity contribution in [3.63, 3.8) is 0 Å². The van der Waals surface area contributed by atoms with Crippen molar-refractivity contribution in [2.24, 2.45) is 0 Å². The summed E-state index contributed by atoms with van der Waals surface area (Å²) >= 11 is 0.